The van der Waals surface area contributed by atoms with Crippen LogP contribution in [0.2, 0.25) is 0 Å². The molecule has 0 bridgehead atoms. The van der Waals surface area contributed by atoms with E-state index in [4.69, 9.17) is 5.73 Å². The number of benzene rings is 2. The summed E-state index contributed by atoms with van der Waals surface area (Å²) >= 11 is 1.59. The van der Waals surface area contributed by atoms with Crippen molar-refractivity contribution < 1.29 is 4.79 Å². The summed E-state index contributed by atoms with van der Waals surface area (Å²) in [6.07, 6.45) is 0. The van der Waals surface area contributed by atoms with Crippen LogP contribution in [0.4, 0.5) is 5.00 Å². The normalized spacial score (nSPS) is 18.7. The molecular weight excluding hydrogens is 328 g/mol. The molecule has 3 aromatic rings. The zero-order valence-corrected chi connectivity index (χ0v) is 14.6. The molecule has 1 aliphatic carbocycles. The van der Waals surface area contributed by atoms with Crippen LogP contribution in [0.25, 0.3) is 0 Å². The van der Waals surface area contributed by atoms with Crippen LogP contribution in [-0.2, 0) is 13.1 Å². The quantitative estimate of drug-likeness (QED) is 0.762. The standard InChI is InChI=1S/C21H18N2OS/c22-21-19-18-16(14-8-4-5-9-15(14)20(19)24)11-23(12-17(18)25-21)10-13-6-2-1-3-7-13/h1-9,16H,10-12,22H2. The molecule has 1 aromatic heterocycles. The van der Waals surface area contributed by atoms with Gasteiger partial charge in [0.05, 0.1) is 10.6 Å². The first-order valence-electron chi connectivity index (χ1n) is 8.53. The number of hydrogen-bond donors (Lipinski definition) is 1. The first-order valence-corrected chi connectivity index (χ1v) is 9.35. The Kier molecular flexibility index (Phi) is 3.30. The Hall–Kier alpha value is -2.43. The van der Waals surface area contributed by atoms with Gasteiger partial charge in [-0.1, -0.05) is 54.6 Å². The monoisotopic (exact) mass is 346 g/mol. The molecule has 3 nitrogen and oxygen atoms in total. The molecule has 0 radical (unpaired) electrons. The number of fused-ring (bicyclic) bond motifs is 2. The molecule has 4 heteroatoms. The molecule has 2 N–H and O–H groups in total. The van der Waals surface area contributed by atoms with Crippen molar-refractivity contribution in [2.24, 2.45) is 0 Å². The molecule has 124 valence electrons. The molecule has 5 rings (SSSR count). The minimum Gasteiger partial charge on any atom is -0.390 e. The van der Waals surface area contributed by atoms with Gasteiger partial charge >= 0.3 is 0 Å². The third kappa shape index (κ3) is 2.25. The van der Waals surface area contributed by atoms with E-state index in [9.17, 15) is 4.79 Å². The minimum absolute atomic E-state index is 0.0957. The van der Waals surface area contributed by atoms with Crippen molar-refractivity contribution in [1.29, 1.82) is 0 Å². The molecule has 0 saturated carbocycles. The van der Waals surface area contributed by atoms with Crippen LogP contribution in [0.5, 0.6) is 0 Å². The fraction of sp³-hybridized carbons (Fsp3) is 0.190. The third-order valence-electron chi connectivity index (χ3n) is 5.26. The molecule has 0 spiro atoms. The highest BCUT2D eigenvalue weighted by Crippen LogP contribution is 2.48. The van der Waals surface area contributed by atoms with Gasteiger partial charge in [0, 0.05) is 36.0 Å². The summed E-state index contributed by atoms with van der Waals surface area (Å²) in [5.41, 5.74) is 11.5. The van der Waals surface area contributed by atoms with Crippen molar-refractivity contribution in [3.63, 3.8) is 0 Å². The maximum Gasteiger partial charge on any atom is 0.196 e. The zero-order chi connectivity index (χ0) is 17.0. The van der Waals surface area contributed by atoms with Crippen molar-refractivity contribution >= 4 is 22.1 Å². The number of anilines is 1. The van der Waals surface area contributed by atoms with Crippen molar-refractivity contribution in [1.82, 2.24) is 4.90 Å². The molecule has 1 atom stereocenters. The van der Waals surface area contributed by atoms with Gasteiger partial charge in [-0.3, -0.25) is 9.69 Å². The van der Waals surface area contributed by atoms with E-state index < -0.39 is 0 Å². The highest BCUT2D eigenvalue weighted by Gasteiger charge is 2.39. The summed E-state index contributed by atoms with van der Waals surface area (Å²) in [5, 5.41) is 0.677. The van der Waals surface area contributed by atoms with E-state index in [-0.39, 0.29) is 11.7 Å². The van der Waals surface area contributed by atoms with Crippen LogP contribution < -0.4 is 5.73 Å². The molecule has 1 unspecified atom stereocenters. The van der Waals surface area contributed by atoms with Crippen molar-refractivity contribution in [3.05, 3.63) is 87.3 Å². The smallest absolute Gasteiger partial charge is 0.196 e. The minimum atomic E-state index is 0.0957. The summed E-state index contributed by atoms with van der Waals surface area (Å²) in [6.45, 7) is 2.71. The summed E-state index contributed by atoms with van der Waals surface area (Å²) in [5.74, 6) is 0.336. The fourth-order valence-electron chi connectivity index (χ4n) is 4.21. The van der Waals surface area contributed by atoms with Gasteiger partial charge in [-0.25, -0.2) is 0 Å². The number of nitrogen functional groups attached to an aromatic ring is 1. The fourth-order valence-corrected chi connectivity index (χ4v) is 5.38. The Morgan fingerprint density at radius 3 is 2.68 bits per heavy atom. The number of carbonyl (C=O) groups is 1. The van der Waals surface area contributed by atoms with E-state index in [0.717, 1.165) is 36.3 Å². The second-order valence-electron chi connectivity index (χ2n) is 6.80. The SMILES string of the molecule is Nc1sc2c3c1C(=O)c1ccccc1C3CN(Cc1ccccc1)C2. The predicted molar refractivity (Wildman–Crippen MR) is 101 cm³/mol. The molecule has 2 aromatic carbocycles. The van der Waals surface area contributed by atoms with Gasteiger partial charge < -0.3 is 5.73 Å². The number of rotatable bonds is 2. The van der Waals surface area contributed by atoms with Gasteiger partial charge in [0.25, 0.3) is 0 Å². The van der Waals surface area contributed by atoms with Gasteiger partial charge in [-0.2, -0.15) is 0 Å². The topological polar surface area (TPSA) is 46.3 Å². The predicted octanol–water partition coefficient (Wildman–Crippen LogP) is 4.02. The Labute approximate surface area is 150 Å². The molecule has 1 aliphatic heterocycles. The molecule has 25 heavy (non-hydrogen) atoms. The lowest BCUT2D eigenvalue weighted by Crippen LogP contribution is -2.36. The average Bonchev–Trinajstić information content (AvgIpc) is 2.97. The van der Waals surface area contributed by atoms with Gasteiger partial charge in [0.1, 0.15) is 0 Å². The Bertz CT molecular complexity index is 977. The van der Waals surface area contributed by atoms with Gasteiger partial charge in [-0.15, -0.1) is 11.3 Å². The van der Waals surface area contributed by atoms with Crippen LogP contribution >= 0.6 is 11.3 Å². The Morgan fingerprint density at radius 1 is 1.08 bits per heavy atom. The van der Waals surface area contributed by atoms with E-state index in [2.05, 4.69) is 35.2 Å². The lowest BCUT2D eigenvalue weighted by molar-refractivity contribution is 0.103. The highest BCUT2D eigenvalue weighted by atomic mass is 32.1. The molecule has 0 amide bonds. The van der Waals surface area contributed by atoms with Crippen molar-refractivity contribution in [2.75, 3.05) is 12.3 Å². The van der Waals surface area contributed by atoms with Crippen LogP contribution in [-0.4, -0.2) is 17.2 Å². The Balaban J connectivity index is 1.60. The van der Waals surface area contributed by atoms with E-state index in [1.54, 1.807) is 11.3 Å². The Morgan fingerprint density at radius 2 is 1.84 bits per heavy atom. The zero-order valence-electron chi connectivity index (χ0n) is 13.7. The molecule has 0 saturated heterocycles. The first kappa shape index (κ1) is 14.9. The summed E-state index contributed by atoms with van der Waals surface area (Å²) in [6, 6.07) is 18.6. The van der Waals surface area contributed by atoms with Crippen LogP contribution in [0.15, 0.2) is 54.6 Å². The first-order chi connectivity index (χ1) is 12.2. The largest absolute Gasteiger partial charge is 0.390 e. The number of hydrogen-bond acceptors (Lipinski definition) is 4. The average molecular weight is 346 g/mol. The highest BCUT2D eigenvalue weighted by molar-refractivity contribution is 7.16. The number of nitrogens with zero attached hydrogens (tertiary/aromatic N) is 1. The van der Waals surface area contributed by atoms with Crippen LogP contribution in [0, 0.1) is 0 Å². The van der Waals surface area contributed by atoms with E-state index >= 15 is 0 Å². The second kappa shape index (κ2) is 5.55. The maximum atomic E-state index is 12.9. The van der Waals surface area contributed by atoms with Gasteiger partial charge in [0.2, 0.25) is 0 Å². The summed E-state index contributed by atoms with van der Waals surface area (Å²) in [4.78, 5) is 16.6. The molecule has 2 heterocycles. The van der Waals surface area contributed by atoms with Crippen molar-refractivity contribution in [3.8, 4) is 0 Å². The van der Waals surface area contributed by atoms with E-state index in [1.807, 2.05) is 24.3 Å². The number of carbonyl (C=O) groups excluding carboxylic acids is 1. The molecule has 2 aliphatic rings. The lowest BCUT2D eigenvalue weighted by atomic mass is 9.76. The van der Waals surface area contributed by atoms with E-state index in [0.29, 0.717) is 5.00 Å². The van der Waals surface area contributed by atoms with Crippen LogP contribution in [0.1, 0.15) is 43.4 Å². The number of nitrogens with two attached hydrogens (primary N) is 1. The summed E-state index contributed by atoms with van der Waals surface area (Å²) < 4.78 is 0. The number of thiophene rings is 1. The van der Waals surface area contributed by atoms with Crippen molar-refractivity contribution in [2.45, 2.75) is 19.0 Å². The van der Waals surface area contributed by atoms with Gasteiger partial charge in [0.15, 0.2) is 5.78 Å². The van der Waals surface area contributed by atoms with Crippen LogP contribution in [0.3, 0.4) is 0 Å². The lowest BCUT2D eigenvalue weighted by Gasteiger charge is -2.36. The maximum absolute atomic E-state index is 12.9. The third-order valence-corrected chi connectivity index (χ3v) is 6.28. The molecular formula is C21H18N2OS. The second-order valence-corrected chi connectivity index (χ2v) is 7.94. The summed E-state index contributed by atoms with van der Waals surface area (Å²) in [7, 11) is 0. The number of ketones is 1. The van der Waals surface area contributed by atoms with E-state index in [1.165, 1.54) is 16.0 Å². The van der Waals surface area contributed by atoms with Gasteiger partial charge in [-0.05, 0) is 16.7 Å². The molecule has 0 fully saturated rings.